The van der Waals surface area contributed by atoms with Crippen LogP contribution in [0.2, 0.25) is 0 Å². The molecule has 0 fully saturated rings. The molecule has 23 aromatic rings. The van der Waals surface area contributed by atoms with Gasteiger partial charge in [0.15, 0.2) is 0 Å². The molecule has 0 amide bonds. The summed E-state index contributed by atoms with van der Waals surface area (Å²) in [4.78, 5) is 4.80. The number of rotatable bonds is 16. The Labute approximate surface area is 708 Å². The van der Waals surface area contributed by atoms with Gasteiger partial charge in [-0.15, -0.1) is 0 Å². The van der Waals surface area contributed by atoms with Gasteiger partial charge in [0.05, 0.1) is 39.1 Å². The molecule has 0 bridgehead atoms. The fourth-order valence-corrected chi connectivity index (χ4v) is 18.8. The SMILES string of the molecule is c1ccc(-n2c3ccccc3c3ccccc32)c(-c2ccc(-c3ccc(N(c4ccc(-c5ccc6ccccc6c5)cc4)c4ccc(-c5ccc(-c6ccc(-n7c8ccccc8c8ccccc87)c(-c7ccc(-c8ccc(N(c9ccc(-c%10ccc%11ccccc%11c%10)cc9)c9ccc%10ccccc%10c9)cc8)cc7)c6)cc5)c5ccccc45)cc3)cc2)c1. The van der Waals surface area contributed by atoms with Crippen LogP contribution in [0.15, 0.2) is 473 Å². The summed E-state index contributed by atoms with van der Waals surface area (Å²) in [5.41, 5.74) is 32.0. The fraction of sp³-hybridized carbons (Fsp3) is 0. The van der Waals surface area contributed by atoms with Crippen molar-refractivity contribution in [3.63, 3.8) is 0 Å². The van der Waals surface area contributed by atoms with Gasteiger partial charge in [-0.05, 0) is 237 Å². The van der Waals surface area contributed by atoms with E-state index in [0.29, 0.717) is 0 Å². The van der Waals surface area contributed by atoms with Crippen molar-refractivity contribution in [3.05, 3.63) is 473 Å². The lowest BCUT2D eigenvalue weighted by atomic mass is 9.93. The highest BCUT2D eigenvalue weighted by Gasteiger charge is 2.23. The number of fused-ring (bicyclic) bond motifs is 10. The lowest BCUT2D eigenvalue weighted by molar-refractivity contribution is 1.18. The molecule has 0 atom stereocenters. The predicted octanol–water partition coefficient (Wildman–Crippen LogP) is 32.8. The van der Waals surface area contributed by atoms with Gasteiger partial charge < -0.3 is 18.9 Å². The summed E-state index contributed by atoms with van der Waals surface area (Å²) in [7, 11) is 0. The van der Waals surface area contributed by atoms with Gasteiger partial charge in [-0.2, -0.15) is 0 Å². The molecule has 4 heteroatoms. The molecule has 0 unspecified atom stereocenters. The first-order valence-corrected chi connectivity index (χ1v) is 42.0. The first-order chi connectivity index (χ1) is 60.5. The van der Waals surface area contributed by atoms with Crippen molar-refractivity contribution in [3.8, 4) is 100 Å². The maximum Gasteiger partial charge on any atom is 0.0541 e. The molecular formula is C118H78N4. The molecule has 2 aromatic heterocycles. The zero-order valence-corrected chi connectivity index (χ0v) is 66.8. The Hall–Kier alpha value is -16.1. The average molecular weight is 1550 g/mol. The van der Waals surface area contributed by atoms with E-state index in [1.807, 2.05) is 0 Å². The van der Waals surface area contributed by atoms with Gasteiger partial charge in [-0.3, -0.25) is 0 Å². The minimum absolute atomic E-state index is 1.06. The number of aromatic nitrogens is 2. The minimum atomic E-state index is 1.06. The molecule has 0 N–H and O–H groups in total. The van der Waals surface area contributed by atoms with E-state index in [1.165, 1.54) is 120 Å². The second kappa shape index (κ2) is 30.1. The van der Waals surface area contributed by atoms with Crippen molar-refractivity contribution in [1.82, 2.24) is 9.13 Å². The smallest absolute Gasteiger partial charge is 0.0541 e. The standard InChI is InChI=1S/C118H78N4/c1-4-22-92-75-95(51-43-79(92)19-1)87-57-65-99(66-58-87)119(102-71-61-81-21-3-6-24-94(81)77-102)98-63-53-84(54-64-98)83-39-49-91(50-40-83)111-78-97(62-73-118(111)122-115-35-17-12-30-109(115)110-31-13-18-36-116(110)122)86-41-45-89(46-42-86)103-72-74-117(106-27-8-7-26-105(103)106)120(101-69-59-88(60-70-101)96-52-44-80-20-2-5-23-93(80)76-96)100-67-55-85(56-68-100)82-37-47-90(48-38-82)104-25-9-14-32-112(104)121-113-33-15-10-28-107(113)108-29-11-16-34-114(108)121/h1-78H. The van der Waals surface area contributed by atoms with Crippen molar-refractivity contribution in [2.24, 2.45) is 0 Å². The van der Waals surface area contributed by atoms with Crippen molar-refractivity contribution in [1.29, 1.82) is 0 Å². The Morgan fingerprint density at radius 2 is 0.418 bits per heavy atom. The molecule has 0 saturated heterocycles. The Morgan fingerprint density at radius 1 is 0.139 bits per heavy atom. The molecule has 0 aliphatic rings. The van der Waals surface area contributed by atoms with Gasteiger partial charge in [0.2, 0.25) is 0 Å². The van der Waals surface area contributed by atoms with Gasteiger partial charge in [-0.1, -0.05) is 352 Å². The van der Waals surface area contributed by atoms with E-state index in [4.69, 9.17) is 0 Å². The Balaban J connectivity index is 0.571. The zero-order chi connectivity index (χ0) is 80.6. The quantitative estimate of drug-likeness (QED) is 0.0959. The third-order valence-corrected chi connectivity index (χ3v) is 24.9. The van der Waals surface area contributed by atoms with E-state index in [1.54, 1.807) is 0 Å². The average Bonchev–Trinajstić information content (AvgIpc) is 1.60. The topological polar surface area (TPSA) is 16.3 Å². The Bertz CT molecular complexity index is 7850. The summed E-state index contributed by atoms with van der Waals surface area (Å²) < 4.78 is 4.88. The van der Waals surface area contributed by atoms with Crippen molar-refractivity contribution in [2.75, 3.05) is 9.80 Å². The summed E-state index contributed by atoms with van der Waals surface area (Å²) in [6, 6.07) is 174. The van der Waals surface area contributed by atoms with Gasteiger partial charge >= 0.3 is 0 Å². The summed E-state index contributed by atoms with van der Waals surface area (Å²) in [6.07, 6.45) is 0. The molecule has 0 aliphatic heterocycles. The number of hydrogen-bond acceptors (Lipinski definition) is 2. The molecule has 570 valence electrons. The lowest BCUT2D eigenvalue weighted by Gasteiger charge is -2.28. The maximum atomic E-state index is 2.46. The Morgan fingerprint density at radius 3 is 0.861 bits per heavy atom. The van der Waals surface area contributed by atoms with Crippen molar-refractivity contribution >= 4 is 121 Å². The van der Waals surface area contributed by atoms with Crippen LogP contribution in [0.1, 0.15) is 0 Å². The molecule has 122 heavy (non-hydrogen) atoms. The molecule has 2 heterocycles. The van der Waals surface area contributed by atoms with Gasteiger partial charge in [0, 0.05) is 66.5 Å². The third kappa shape index (κ3) is 12.7. The van der Waals surface area contributed by atoms with E-state index in [0.717, 1.165) is 101 Å². The van der Waals surface area contributed by atoms with Crippen molar-refractivity contribution < 1.29 is 0 Å². The van der Waals surface area contributed by atoms with E-state index in [2.05, 4.69) is 492 Å². The summed E-state index contributed by atoms with van der Waals surface area (Å²) >= 11 is 0. The Kier molecular flexibility index (Phi) is 17.6. The number of para-hydroxylation sites is 5. The molecule has 4 nitrogen and oxygen atoms in total. The molecule has 21 aromatic carbocycles. The lowest BCUT2D eigenvalue weighted by Crippen LogP contribution is -2.10. The van der Waals surface area contributed by atoms with Crippen LogP contribution < -0.4 is 9.80 Å². The minimum Gasteiger partial charge on any atom is -0.310 e. The summed E-state index contributed by atoms with van der Waals surface area (Å²) in [5, 5.41) is 14.6. The van der Waals surface area contributed by atoms with Crippen LogP contribution >= 0.6 is 0 Å². The highest BCUT2D eigenvalue weighted by atomic mass is 15.1. The first kappa shape index (κ1) is 71.2. The monoisotopic (exact) mass is 1550 g/mol. The summed E-state index contributed by atoms with van der Waals surface area (Å²) in [6.45, 7) is 0. The van der Waals surface area contributed by atoms with E-state index in [9.17, 15) is 0 Å². The van der Waals surface area contributed by atoms with Crippen LogP contribution in [0.25, 0.3) is 187 Å². The van der Waals surface area contributed by atoms with E-state index >= 15 is 0 Å². The molecular weight excluding hydrogens is 1470 g/mol. The highest BCUT2D eigenvalue weighted by Crippen LogP contribution is 2.47. The fourth-order valence-electron chi connectivity index (χ4n) is 18.8. The van der Waals surface area contributed by atoms with Gasteiger partial charge in [0.1, 0.15) is 0 Å². The zero-order valence-electron chi connectivity index (χ0n) is 66.8. The van der Waals surface area contributed by atoms with Crippen LogP contribution in [0.3, 0.4) is 0 Å². The highest BCUT2D eigenvalue weighted by molar-refractivity contribution is 6.12. The second-order valence-corrected chi connectivity index (χ2v) is 31.9. The first-order valence-electron chi connectivity index (χ1n) is 42.0. The molecule has 0 aliphatic carbocycles. The number of hydrogen-bond donors (Lipinski definition) is 0. The number of anilines is 6. The van der Waals surface area contributed by atoms with Gasteiger partial charge in [-0.25, -0.2) is 0 Å². The number of nitrogens with zero attached hydrogens (tertiary/aromatic N) is 4. The molecule has 0 radical (unpaired) electrons. The van der Waals surface area contributed by atoms with Crippen molar-refractivity contribution in [2.45, 2.75) is 0 Å². The summed E-state index contributed by atoms with van der Waals surface area (Å²) in [5.74, 6) is 0. The van der Waals surface area contributed by atoms with Crippen LogP contribution in [0.5, 0.6) is 0 Å². The van der Waals surface area contributed by atoms with Crippen LogP contribution in [0, 0.1) is 0 Å². The van der Waals surface area contributed by atoms with Gasteiger partial charge in [0.25, 0.3) is 0 Å². The van der Waals surface area contributed by atoms with Crippen LogP contribution in [0.4, 0.5) is 34.1 Å². The second-order valence-electron chi connectivity index (χ2n) is 31.9. The normalized spacial score (nSPS) is 11.6. The number of benzene rings is 21. The van der Waals surface area contributed by atoms with Crippen LogP contribution in [-0.4, -0.2) is 9.13 Å². The van der Waals surface area contributed by atoms with E-state index in [-0.39, 0.29) is 0 Å². The predicted molar refractivity (Wildman–Crippen MR) is 518 cm³/mol. The molecule has 0 spiro atoms. The van der Waals surface area contributed by atoms with Crippen LogP contribution in [-0.2, 0) is 0 Å². The molecule has 23 rings (SSSR count). The molecule has 0 saturated carbocycles. The third-order valence-electron chi connectivity index (χ3n) is 24.9. The largest absolute Gasteiger partial charge is 0.310 e. The maximum absolute atomic E-state index is 2.46. The van der Waals surface area contributed by atoms with E-state index < -0.39 is 0 Å².